The Labute approximate surface area is 202 Å². The first-order chi connectivity index (χ1) is 16.2. The van der Waals surface area contributed by atoms with E-state index in [1.807, 2.05) is 18.2 Å². The van der Waals surface area contributed by atoms with Gasteiger partial charge in [-0.05, 0) is 96.3 Å². The van der Waals surface area contributed by atoms with Gasteiger partial charge in [-0.15, -0.1) is 0 Å². The average Bonchev–Trinajstić information content (AvgIpc) is 3.29. The van der Waals surface area contributed by atoms with E-state index < -0.39 is 0 Å². The number of ketones is 1. The molecule has 34 heavy (non-hydrogen) atoms. The van der Waals surface area contributed by atoms with Gasteiger partial charge in [0, 0.05) is 13.0 Å². The van der Waals surface area contributed by atoms with Crippen molar-refractivity contribution >= 4 is 17.6 Å². The van der Waals surface area contributed by atoms with E-state index in [0.717, 1.165) is 6.42 Å². The highest BCUT2D eigenvalue weighted by Crippen LogP contribution is 2.66. The Kier molecular flexibility index (Phi) is 4.86. The molecule has 0 N–H and O–H groups in total. The van der Waals surface area contributed by atoms with E-state index in [0.29, 0.717) is 47.8 Å². The lowest BCUT2D eigenvalue weighted by Gasteiger charge is -2.56. The van der Waals surface area contributed by atoms with E-state index in [2.05, 4.69) is 32.9 Å². The summed E-state index contributed by atoms with van der Waals surface area (Å²) in [5.74, 6) is 2.60. The van der Waals surface area contributed by atoms with Crippen molar-refractivity contribution in [3.05, 3.63) is 59.2 Å². The lowest BCUT2D eigenvalue weighted by Crippen LogP contribution is -2.50. The fourth-order valence-electron chi connectivity index (χ4n) is 8.79. The van der Waals surface area contributed by atoms with Gasteiger partial charge in [0.05, 0.1) is 11.1 Å². The number of fused-ring (bicyclic) bond motifs is 6. The molecule has 5 aliphatic rings. The first-order valence-corrected chi connectivity index (χ1v) is 13.1. The summed E-state index contributed by atoms with van der Waals surface area (Å²) in [5, 5.41) is 0. The van der Waals surface area contributed by atoms with E-state index in [-0.39, 0.29) is 34.3 Å². The molecule has 6 rings (SSSR count). The summed E-state index contributed by atoms with van der Waals surface area (Å²) in [5.41, 5.74) is 2.70. The van der Waals surface area contributed by atoms with Gasteiger partial charge in [-0.25, -0.2) is 0 Å². The molecular formula is C30H35NO3. The van der Waals surface area contributed by atoms with Crippen LogP contribution in [0.2, 0.25) is 0 Å². The van der Waals surface area contributed by atoms with Crippen molar-refractivity contribution in [2.24, 2.45) is 40.4 Å². The van der Waals surface area contributed by atoms with Gasteiger partial charge in [0.2, 0.25) is 0 Å². The van der Waals surface area contributed by atoms with E-state index in [1.165, 1.54) is 36.2 Å². The number of carbonyl (C=O) groups is 3. The van der Waals surface area contributed by atoms with Gasteiger partial charge in [-0.1, -0.05) is 45.1 Å². The van der Waals surface area contributed by atoms with Crippen LogP contribution in [0.5, 0.6) is 0 Å². The second-order valence-electron chi connectivity index (χ2n) is 12.1. The number of imide groups is 1. The van der Waals surface area contributed by atoms with E-state index in [1.54, 1.807) is 12.1 Å². The molecular weight excluding hydrogens is 422 g/mol. The number of benzene rings is 1. The number of hydrogen-bond donors (Lipinski definition) is 0. The Morgan fingerprint density at radius 3 is 2.38 bits per heavy atom. The van der Waals surface area contributed by atoms with Crippen molar-refractivity contribution in [2.75, 3.05) is 6.54 Å². The van der Waals surface area contributed by atoms with Crippen LogP contribution in [0.25, 0.3) is 0 Å². The zero-order chi connectivity index (χ0) is 23.8. The fraction of sp³-hybridized carbons (Fsp3) is 0.567. The van der Waals surface area contributed by atoms with Gasteiger partial charge in [-0.2, -0.15) is 0 Å². The van der Waals surface area contributed by atoms with Crippen LogP contribution in [0.1, 0.15) is 80.0 Å². The summed E-state index contributed by atoms with van der Waals surface area (Å²) in [6.45, 7) is 7.64. The smallest absolute Gasteiger partial charge is 0.261 e. The molecule has 5 unspecified atom stereocenters. The van der Waals surface area contributed by atoms with E-state index in [9.17, 15) is 14.4 Å². The number of hydrogen-bond acceptors (Lipinski definition) is 3. The van der Waals surface area contributed by atoms with Crippen LogP contribution >= 0.6 is 0 Å². The quantitative estimate of drug-likeness (QED) is 0.536. The van der Waals surface area contributed by atoms with Gasteiger partial charge < -0.3 is 0 Å². The van der Waals surface area contributed by atoms with Gasteiger partial charge in [0.25, 0.3) is 11.8 Å². The molecule has 2 amide bonds. The standard InChI is InChI=1S/C30H35NO3/c1-18(17-31-27(33)21-6-4-5-7-22(21)28(31)34)24-10-11-25-23-9-8-19-16-20(32)12-14-29(19,2)26(23)13-15-30(24,25)3/h4-9,16,18,23-26H,10-15,17H2,1-3H3/t18-,23?,24?,25?,26?,29?,30-/m1/s1. The third-order valence-corrected chi connectivity index (χ3v) is 10.6. The molecule has 4 nitrogen and oxygen atoms in total. The van der Waals surface area contributed by atoms with Crippen molar-refractivity contribution in [1.29, 1.82) is 0 Å². The predicted molar refractivity (Wildman–Crippen MR) is 131 cm³/mol. The highest BCUT2D eigenvalue weighted by molar-refractivity contribution is 6.21. The molecule has 2 saturated carbocycles. The third-order valence-electron chi connectivity index (χ3n) is 10.6. The first-order valence-electron chi connectivity index (χ1n) is 13.1. The lowest BCUT2D eigenvalue weighted by molar-refractivity contribution is -0.116. The Hall–Kier alpha value is -2.49. The Morgan fingerprint density at radius 1 is 0.971 bits per heavy atom. The zero-order valence-corrected chi connectivity index (χ0v) is 20.5. The van der Waals surface area contributed by atoms with Crippen LogP contribution in [0.15, 0.2) is 48.1 Å². The minimum atomic E-state index is -0.134. The molecule has 7 atom stereocenters. The normalized spacial score (nSPS) is 39.3. The lowest BCUT2D eigenvalue weighted by atomic mass is 9.48. The summed E-state index contributed by atoms with van der Waals surface area (Å²) in [7, 11) is 0. The third kappa shape index (κ3) is 2.93. The molecule has 4 heteroatoms. The van der Waals surface area contributed by atoms with Gasteiger partial charge >= 0.3 is 0 Å². The van der Waals surface area contributed by atoms with Crippen molar-refractivity contribution < 1.29 is 14.4 Å². The second-order valence-corrected chi connectivity index (χ2v) is 12.1. The molecule has 1 heterocycles. The summed E-state index contributed by atoms with van der Waals surface area (Å²) < 4.78 is 0. The second kappa shape index (κ2) is 7.50. The molecule has 0 spiro atoms. The number of carbonyl (C=O) groups excluding carboxylic acids is 3. The molecule has 178 valence electrons. The number of amides is 2. The minimum absolute atomic E-state index is 0.124. The Morgan fingerprint density at radius 2 is 1.68 bits per heavy atom. The monoisotopic (exact) mass is 457 g/mol. The molecule has 2 fully saturated rings. The van der Waals surface area contributed by atoms with Crippen LogP contribution < -0.4 is 0 Å². The average molecular weight is 458 g/mol. The maximum atomic E-state index is 13.0. The summed E-state index contributed by atoms with van der Waals surface area (Å²) >= 11 is 0. The minimum Gasteiger partial charge on any atom is -0.295 e. The maximum Gasteiger partial charge on any atom is 0.261 e. The molecule has 0 radical (unpaired) electrons. The molecule has 1 aliphatic heterocycles. The van der Waals surface area contributed by atoms with Crippen LogP contribution in [0.4, 0.5) is 0 Å². The van der Waals surface area contributed by atoms with Crippen molar-refractivity contribution in [1.82, 2.24) is 4.90 Å². The highest BCUT2D eigenvalue weighted by Gasteiger charge is 2.58. The first kappa shape index (κ1) is 22.0. The largest absolute Gasteiger partial charge is 0.295 e. The zero-order valence-electron chi connectivity index (χ0n) is 20.5. The number of rotatable bonds is 3. The van der Waals surface area contributed by atoms with Gasteiger partial charge in [0.15, 0.2) is 5.78 Å². The molecule has 1 aromatic carbocycles. The maximum absolute atomic E-state index is 13.0. The van der Waals surface area contributed by atoms with Crippen LogP contribution in [-0.2, 0) is 4.79 Å². The molecule has 0 bridgehead atoms. The van der Waals surface area contributed by atoms with Crippen molar-refractivity contribution in [3.8, 4) is 0 Å². The highest BCUT2D eigenvalue weighted by atomic mass is 16.2. The van der Waals surface area contributed by atoms with Crippen molar-refractivity contribution in [3.63, 3.8) is 0 Å². The molecule has 0 saturated heterocycles. The van der Waals surface area contributed by atoms with E-state index in [4.69, 9.17) is 0 Å². The van der Waals surface area contributed by atoms with Crippen LogP contribution in [0, 0.1) is 40.4 Å². The molecule has 1 aromatic rings. The van der Waals surface area contributed by atoms with Crippen LogP contribution in [-0.4, -0.2) is 29.0 Å². The Balaban J connectivity index is 1.23. The fourth-order valence-corrected chi connectivity index (χ4v) is 8.79. The van der Waals surface area contributed by atoms with Gasteiger partial charge in [-0.3, -0.25) is 19.3 Å². The summed E-state index contributed by atoms with van der Waals surface area (Å²) in [6.07, 6.45) is 13.0. The number of nitrogens with zero attached hydrogens (tertiary/aromatic N) is 1. The summed E-state index contributed by atoms with van der Waals surface area (Å²) in [4.78, 5) is 39.5. The summed E-state index contributed by atoms with van der Waals surface area (Å²) in [6, 6.07) is 7.20. The molecule has 4 aliphatic carbocycles. The topological polar surface area (TPSA) is 54.5 Å². The van der Waals surface area contributed by atoms with Gasteiger partial charge in [0.1, 0.15) is 0 Å². The molecule has 0 aromatic heterocycles. The number of allylic oxidation sites excluding steroid dienone is 4. The SMILES string of the molecule is C[C@H](CN1C(=O)c2ccccc2C1=O)C1CCC2C3C=CC4=CC(=O)CCC4(C)C3CC[C@@]21C. The van der Waals surface area contributed by atoms with Crippen LogP contribution in [0.3, 0.4) is 0 Å². The van der Waals surface area contributed by atoms with Crippen molar-refractivity contribution in [2.45, 2.75) is 59.3 Å². The Bertz CT molecular complexity index is 1110. The van der Waals surface area contributed by atoms with E-state index >= 15 is 0 Å². The predicted octanol–water partition coefficient (Wildman–Crippen LogP) is 5.84.